The molecule has 0 amide bonds. The van der Waals surface area contributed by atoms with Gasteiger partial charge in [0.05, 0.1) is 0 Å². The maximum Gasteiger partial charge on any atom is 0.0330 e. The van der Waals surface area contributed by atoms with Crippen LogP contribution in [-0.4, -0.2) is 37.1 Å². The van der Waals surface area contributed by atoms with Gasteiger partial charge in [0, 0.05) is 18.1 Å². The maximum absolute atomic E-state index is 3.84. The van der Waals surface area contributed by atoms with Gasteiger partial charge in [-0.25, -0.2) is 0 Å². The molecule has 1 fully saturated rings. The molecule has 0 bridgehead atoms. The zero-order valence-corrected chi connectivity index (χ0v) is 13.3. The van der Waals surface area contributed by atoms with Crippen LogP contribution < -0.4 is 5.32 Å². The van der Waals surface area contributed by atoms with Gasteiger partial charge in [0.2, 0.25) is 0 Å². The minimum Gasteiger partial charge on any atom is -0.312 e. The Bertz CT molecular complexity index is 227. The molecule has 0 aromatic heterocycles. The van der Waals surface area contributed by atoms with E-state index in [4.69, 9.17) is 0 Å². The molecule has 3 unspecified atom stereocenters. The van der Waals surface area contributed by atoms with Crippen LogP contribution in [0.3, 0.4) is 0 Å². The number of rotatable bonds is 7. The predicted octanol–water partition coefficient (Wildman–Crippen LogP) is 3.67. The number of likely N-dealkylation sites (N-methyl/N-ethyl adjacent to an activating group) is 1. The summed E-state index contributed by atoms with van der Waals surface area (Å²) in [5.41, 5.74) is 0.402. The van der Waals surface area contributed by atoms with Crippen LogP contribution in [-0.2, 0) is 0 Å². The zero-order chi connectivity index (χ0) is 13.6. The monoisotopic (exact) mass is 254 g/mol. The average Bonchev–Trinajstić information content (AvgIpc) is 2.34. The Labute approximate surface area is 115 Å². The third-order valence-electron chi connectivity index (χ3n) is 4.87. The Morgan fingerprint density at radius 1 is 1.33 bits per heavy atom. The van der Waals surface area contributed by atoms with Crippen LogP contribution in [0.1, 0.15) is 65.7 Å². The van der Waals surface area contributed by atoms with Gasteiger partial charge in [0.15, 0.2) is 0 Å². The highest BCUT2D eigenvalue weighted by Gasteiger charge is 2.36. The highest BCUT2D eigenvalue weighted by molar-refractivity contribution is 4.95. The third-order valence-corrected chi connectivity index (χ3v) is 4.87. The zero-order valence-electron chi connectivity index (χ0n) is 13.3. The van der Waals surface area contributed by atoms with E-state index in [-0.39, 0.29) is 0 Å². The fourth-order valence-corrected chi connectivity index (χ4v) is 3.49. The van der Waals surface area contributed by atoms with Crippen LogP contribution in [0.15, 0.2) is 0 Å². The topological polar surface area (TPSA) is 15.3 Å². The molecule has 3 atom stereocenters. The predicted molar refractivity (Wildman–Crippen MR) is 81.0 cm³/mol. The van der Waals surface area contributed by atoms with Gasteiger partial charge in [-0.05, 0) is 45.7 Å². The van der Waals surface area contributed by atoms with Crippen LogP contribution in [0, 0.1) is 5.92 Å². The standard InChI is InChI=1S/C16H34N2/c1-6-9-15(7-2)17-13-16(18(4)5)11-8-10-14(3)12-16/h14-15,17H,6-13H2,1-5H3. The fraction of sp³-hybridized carbons (Fsp3) is 1.00. The Kier molecular flexibility index (Phi) is 6.65. The van der Waals surface area contributed by atoms with Crippen LogP contribution in [0.25, 0.3) is 0 Å². The van der Waals surface area contributed by atoms with E-state index < -0.39 is 0 Å². The fourth-order valence-electron chi connectivity index (χ4n) is 3.49. The minimum atomic E-state index is 0.402. The number of nitrogens with zero attached hydrogens (tertiary/aromatic N) is 1. The second-order valence-electron chi connectivity index (χ2n) is 6.60. The van der Waals surface area contributed by atoms with Crippen molar-refractivity contribution in [2.45, 2.75) is 77.3 Å². The largest absolute Gasteiger partial charge is 0.312 e. The van der Waals surface area contributed by atoms with Gasteiger partial charge in [0.25, 0.3) is 0 Å². The van der Waals surface area contributed by atoms with Crippen LogP contribution in [0.2, 0.25) is 0 Å². The summed E-state index contributed by atoms with van der Waals surface area (Å²) in [5, 5.41) is 3.84. The Hall–Kier alpha value is -0.0800. The molecule has 0 heterocycles. The van der Waals surface area contributed by atoms with Gasteiger partial charge in [-0.1, -0.05) is 40.0 Å². The van der Waals surface area contributed by atoms with Crippen molar-refractivity contribution in [1.29, 1.82) is 0 Å². The van der Waals surface area contributed by atoms with Crippen LogP contribution in [0.4, 0.5) is 0 Å². The van der Waals surface area contributed by atoms with Crippen molar-refractivity contribution in [3.05, 3.63) is 0 Å². The smallest absolute Gasteiger partial charge is 0.0330 e. The molecule has 1 saturated carbocycles. The third kappa shape index (κ3) is 4.24. The molecule has 0 aliphatic heterocycles. The number of hydrogen-bond acceptors (Lipinski definition) is 2. The lowest BCUT2D eigenvalue weighted by Gasteiger charge is -2.46. The molecule has 108 valence electrons. The summed E-state index contributed by atoms with van der Waals surface area (Å²) in [5.74, 6) is 0.884. The van der Waals surface area contributed by atoms with Gasteiger partial charge in [-0.15, -0.1) is 0 Å². The van der Waals surface area contributed by atoms with Gasteiger partial charge in [-0.3, -0.25) is 0 Å². The van der Waals surface area contributed by atoms with Crippen molar-refractivity contribution >= 4 is 0 Å². The molecule has 1 aliphatic rings. The van der Waals surface area contributed by atoms with E-state index >= 15 is 0 Å². The molecule has 1 rings (SSSR count). The lowest BCUT2D eigenvalue weighted by atomic mass is 9.75. The van der Waals surface area contributed by atoms with Gasteiger partial charge >= 0.3 is 0 Å². The quantitative estimate of drug-likeness (QED) is 0.746. The maximum atomic E-state index is 3.84. The lowest BCUT2D eigenvalue weighted by Crippen LogP contribution is -2.55. The van der Waals surface area contributed by atoms with Crippen molar-refractivity contribution in [3.8, 4) is 0 Å². The number of nitrogens with one attached hydrogen (secondary N) is 1. The first-order chi connectivity index (χ1) is 8.54. The Morgan fingerprint density at radius 3 is 2.56 bits per heavy atom. The molecule has 0 saturated heterocycles. The SMILES string of the molecule is CCCC(CC)NCC1(N(C)C)CCCC(C)C1. The summed E-state index contributed by atoms with van der Waals surface area (Å²) in [6.07, 6.45) is 9.39. The van der Waals surface area contributed by atoms with Crippen molar-refractivity contribution in [1.82, 2.24) is 10.2 Å². The van der Waals surface area contributed by atoms with Crippen LogP contribution >= 0.6 is 0 Å². The Balaban J connectivity index is 2.57. The molecule has 0 radical (unpaired) electrons. The molecular weight excluding hydrogens is 220 g/mol. The number of hydrogen-bond donors (Lipinski definition) is 1. The minimum absolute atomic E-state index is 0.402. The molecule has 2 heteroatoms. The molecule has 1 N–H and O–H groups in total. The molecular formula is C16H34N2. The molecule has 0 aromatic carbocycles. The molecule has 0 aromatic rings. The van der Waals surface area contributed by atoms with E-state index in [0.717, 1.165) is 5.92 Å². The van der Waals surface area contributed by atoms with Gasteiger partial charge in [0.1, 0.15) is 0 Å². The highest BCUT2D eigenvalue weighted by atomic mass is 15.2. The molecule has 0 spiro atoms. The summed E-state index contributed by atoms with van der Waals surface area (Å²) >= 11 is 0. The van der Waals surface area contributed by atoms with E-state index in [1.165, 1.54) is 51.5 Å². The molecule has 1 aliphatic carbocycles. The second-order valence-corrected chi connectivity index (χ2v) is 6.60. The highest BCUT2D eigenvalue weighted by Crippen LogP contribution is 2.35. The van der Waals surface area contributed by atoms with Crippen molar-refractivity contribution in [3.63, 3.8) is 0 Å². The van der Waals surface area contributed by atoms with Crippen molar-refractivity contribution in [2.24, 2.45) is 5.92 Å². The van der Waals surface area contributed by atoms with Gasteiger partial charge in [-0.2, -0.15) is 0 Å². The van der Waals surface area contributed by atoms with Crippen molar-refractivity contribution < 1.29 is 0 Å². The van der Waals surface area contributed by atoms with E-state index in [0.29, 0.717) is 11.6 Å². The summed E-state index contributed by atoms with van der Waals surface area (Å²) in [6, 6.07) is 0.712. The van der Waals surface area contributed by atoms with Gasteiger partial charge < -0.3 is 10.2 Å². The van der Waals surface area contributed by atoms with E-state index in [9.17, 15) is 0 Å². The molecule has 18 heavy (non-hydrogen) atoms. The molecule has 2 nitrogen and oxygen atoms in total. The normalized spacial score (nSPS) is 30.7. The summed E-state index contributed by atoms with van der Waals surface area (Å²) in [4.78, 5) is 2.48. The summed E-state index contributed by atoms with van der Waals surface area (Å²) in [6.45, 7) is 8.18. The van der Waals surface area contributed by atoms with Crippen LogP contribution in [0.5, 0.6) is 0 Å². The first kappa shape index (κ1) is 16.0. The van der Waals surface area contributed by atoms with E-state index in [1.807, 2.05) is 0 Å². The average molecular weight is 254 g/mol. The summed E-state index contributed by atoms with van der Waals surface area (Å²) < 4.78 is 0. The Morgan fingerprint density at radius 2 is 2.06 bits per heavy atom. The first-order valence-corrected chi connectivity index (χ1v) is 7.95. The second kappa shape index (κ2) is 7.49. The first-order valence-electron chi connectivity index (χ1n) is 7.95. The lowest BCUT2D eigenvalue weighted by molar-refractivity contribution is 0.0717. The summed E-state index contributed by atoms with van der Waals surface area (Å²) in [7, 11) is 4.53. The van der Waals surface area contributed by atoms with E-state index in [2.05, 4.69) is 45.1 Å². The van der Waals surface area contributed by atoms with E-state index in [1.54, 1.807) is 0 Å². The van der Waals surface area contributed by atoms with Crippen molar-refractivity contribution in [2.75, 3.05) is 20.6 Å².